The van der Waals surface area contributed by atoms with Crippen LogP contribution >= 0.6 is 0 Å². The van der Waals surface area contributed by atoms with Gasteiger partial charge in [0.1, 0.15) is 0 Å². The van der Waals surface area contributed by atoms with Crippen LogP contribution in [0.25, 0.3) is 0 Å². The standard InChI is InChI=1S/C8H12O2Si/c1-9-7-4-3-6(11)5-8(7)10-2/h3-5H,1-2,11H3. The Labute approximate surface area is 69.6 Å². The highest BCUT2D eigenvalue weighted by Gasteiger charge is 2.00. The number of methoxy groups -OCH3 is 2. The van der Waals surface area contributed by atoms with E-state index < -0.39 is 0 Å². The van der Waals surface area contributed by atoms with Crippen molar-refractivity contribution in [3.8, 4) is 11.5 Å². The van der Waals surface area contributed by atoms with E-state index in [-0.39, 0.29) is 0 Å². The fraction of sp³-hybridized carbons (Fsp3) is 0.250. The van der Waals surface area contributed by atoms with Gasteiger partial charge in [-0.25, -0.2) is 0 Å². The Bertz CT molecular complexity index is 248. The van der Waals surface area contributed by atoms with Crippen LogP contribution in [0.3, 0.4) is 0 Å². The Balaban J connectivity index is 3.06. The summed E-state index contributed by atoms with van der Waals surface area (Å²) in [6, 6.07) is 5.99. The van der Waals surface area contributed by atoms with Crippen LogP contribution in [0.4, 0.5) is 0 Å². The Hall–Kier alpha value is -0.963. The normalized spacial score (nSPS) is 9.64. The lowest BCUT2D eigenvalue weighted by Gasteiger charge is -2.06. The molecule has 0 aliphatic heterocycles. The summed E-state index contributed by atoms with van der Waals surface area (Å²) in [5.41, 5.74) is 0. The van der Waals surface area contributed by atoms with Gasteiger partial charge >= 0.3 is 0 Å². The molecule has 2 nitrogen and oxygen atoms in total. The molecule has 0 spiro atoms. The average Bonchev–Trinajstić information content (AvgIpc) is 2.04. The lowest BCUT2D eigenvalue weighted by molar-refractivity contribution is 0.355. The van der Waals surface area contributed by atoms with Crippen LogP contribution in [-0.4, -0.2) is 24.5 Å². The molecule has 0 bridgehead atoms. The minimum Gasteiger partial charge on any atom is -0.493 e. The van der Waals surface area contributed by atoms with E-state index in [0.29, 0.717) is 0 Å². The smallest absolute Gasteiger partial charge is 0.160 e. The molecule has 0 N–H and O–H groups in total. The Morgan fingerprint density at radius 2 is 1.73 bits per heavy atom. The Morgan fingerprint density at radius 1 is 1.09 bits per heavy atom. The van der Waals surface area contributed by atoms with Crippen molar-refractivity contribution < 1.29 is 9.47 Å². The summed E-state index contributed by atoms with van der Waals surface area (Å²) in [4.78, 5) is 0. The topological polar surface area (TPSA) is 18.5 Å². The van der Waals surface area contributed by atoms with E-state index in [1.165, 1.54) is 5.19 Å². The van der Waals surface area contributed by atoms with Crippen LogP contribution in [0.15, 0.2) is 18.2 Å². The lowest BCUT2D eigenvalue weighted by Crippen LogP contribution is -2.02. The van der Waals surface area contributed by atoms with Gasteiger partial charge in [0.25, 0.3) is 0 Å². The highest BCUT2D eigenvalue weighted by atomic mass is 28.1. The molecule has 1 rings (SSSR count). The first-order chi connectivity index (χ1) is 5.27. The van der Waals surface area contributed by atoms with Crippen molar-refractivity contribution in [1.29, 1.82) is 0 Å². The minimum absolute atomic E-state index is 0.798. The maximum absolute atomic E-state index is 5.11. The van der Waals surface area contributed by atoms with E-state index >= 15 is 0 Å². The molecule has 60 valence electrons. The number of ether oxygens (including phenoxy) is 2. The fourth-order valence-corrected chi connectivity index (χ4v) is 1.37. The molecule has 0 aliphatic rings. The lowest BCUT2D eigenvalue weighted by atomic mass is 10.3. The second-order valence-corrected chi connectivity index (χ2v) is 3.51. The molecule has 0 heterocycles. The summed E-state index contributed by atoms with van der Waals surface area (Å²) >= 11 is 0. The summed E-state index contributed by atoms with van der Waals surface area (Å²) in [6.07, 6.45) is 0. The quantitative estimate of drug-likeness (QED) is 0.564. The summed E-state index contributed by atoms with van der Waals surface area (Å²) in [6.45, 7) is 0. The molecule has 0 amide bonds. The van der Waals surface area contributed by atoms with Crippen molar-refractivity contribution >= 4 is 15.4 Å². The summed E-state index contributed by atoms with van der Waals surface area (Å²) in [5.74, 6) is 1.62. The summed E-state index contributed by atoms with van der Waals surface area (Å²) < 4.78 is 10.2. The predicted molar refractivity (Wildman–Crippen MR) is 49.1 cm³/mol. The molecular weight excluding hydrogens is 156 g/mol. The SMILES string of the molecule is COc1ccc([SiH3])cc1OC. The van der Waals surface area contributed by atoms with Crippen molar-refractivity contribution in [2.24, 2.45) is 0 Å². The van der Waals surface area contributed by atoms with E-state index in [1.54, 1.807) is 14.2 Å². The number of hydrogen-bond acceptors (Lipinski definition) is 2. The van der Waals surface area contributed by atoms with E-state index in [4.69, 9.17) is 9.47 Å². The first kappa shape index (κ1) is 8.14. The van der Waals surface area contributed by atoms with Crippen LogP contribution in [0.1, 0.15) is 0 Å². The van der Waals surface area contributed by atoms with E-state index in [1.807, 2.05) is 18.2 Å². The molecule has 0 fully saturated rings. The molecule has 1 aromatic carbocycles. The van der Waals surface area contributed by atoms with E-state index in [9.17, 15) is 0 Å². The maximum Gasteiger partial charge on any atom is 0.160 e. The fourth-order valence-electron chi connectivity index (χ4n) is 0.943. The maximum atomic E-state index is 5.11. The zero-order chi connectivity index (χ0) is 8.27. The molecular formula is C8H12O2Si. The number of hydrogen-bond donors (Lipinski definition) is 0. The largest absolute Gasteiger partial charge is 0.493 e. The van der Waals surface area contributed by atoms with Gasteiger partial charge in [-0.3, -0.25) is 0 Å². The second kappa shape index (κ2) is 3.43. The van der Waals surface area contributed by atoms with Gasteiger partial charge in [-0.1, -0.05) is 11.3 Å². The molecule has 3 heteroatoms. The van der Waals surface area contributed by atoms with Crippen molar-refractivity contribution in [1.82, 2.24) is 0 Å². The first-order valence-electron chi connectivity index (χ1n) is 3.46. The molecule has 0 saturated heterocycles. The van der Waals surface area contributed by atoms with Gasteiger partial charge < -0.3 is 9.47 Å². The van der Waals surface area contributed by atoms with Crippen molar-refractivity contribution in [2.75, 3.05) is 14.2 Å². The van der Waals surface area contributed by atoms with Gasteiger partial charge in [0.05, 0.1) is 14.2 Å². The predicted octanol–water partition coefficient (Wildman–Crippen LogP) is -0.306. The van der Waals surface area contributed by atoms with Gasteiger partial charge in [0.15, 0.2) is 11.5 Å². The van der Waals surface area contributed by atoms with Crippen molar-refractivity contribution in [3.63, 3.8) is 0 Å². The molecule has 0 aliphatic carbocycles. The zero-order valence-corrected chi connectivity index (χ0v) is 9.05. The highest BCUT2D eigenvalue weighted by Crippen LogP contribution is 2.23. The van der Waals surface area contributed by atoms with Crippen LogP contribution < -0.4 is 14.7 Å². The van der Waals surface area contributed by atoms with Gasteiger partial charge in [-0.05, 0) is 12.1 Å². The third kappa shape index (κ3) is 1.74. The minimum atomic E-state index is 0.798. The summed E-state index contributed by atoms with van der Waals surface area (Å²) in [5, 5.41) is 1.31. The first-order valence-corrected chi connectivity index (χ1v) is 4.46. The van der Waals surface area contributed by atoms with Gasteiger partial charge in [-0.2, -0.15) is 0 Å². The molecule has 0 radical (unpaired) electrons. The molecule has 0 unspecified atom stereocenters. The summed E-state index contributed by atoms with van der Waals surface area (Å²) in [7, 11) is 4.34. The van der Waals surface area contributed by atoms with E-state index in [2.05, 4.69) is 0 Å². The third-order valence-electron chi connectivity index (χ3n) is 1.54. The second-order valence-electron chi connectivity index (χ2n) is 2.36. The monoisotopic (exact) mass is 168 g/mol. The van der Waals surface area contributed by atoms with Gasteiger partial charge in [0.2, 0.25) is 0 Å². The van der Waals surface area contributed by atoms with Crippen molar-refractivity contribution in [2.45, 2.75) is 0 Å². The molecule has 0 atom stereocenters. The molecule has 1 aromatic rings. The van der Waals surface area contributed by atoms with Crippen LogP contribution in [0.2, 0.25) is 0 Å². The van der Waals surface area contributed by atoms with Gasteiger partial charge in [0, 0.05) is 10.2 Å². The average molecular weight is 168 g/mol. The van der Waals surface area contributed by atoms with Crippen LogP contribution in [0.5, 0.6) is 11.5 Å². The number of rotatable bonds is 2. The highest BCUT2D eigenvalue weighted by molar-refractivity contribution is 6.32. The third-order valence-corrected chi connectivity index (χ3v) is 2.16. The van der Waals surface area contributed by atoms with E-state index in [0.717, 1.165) is 21.7 Å². The van der Waals surface area contributed by atoms with Crippen molar-refractivity contribution in [3.05, 3.63) is 18.2 Å². The van der Waals surface area contributed by atoms with Gasteiger partial charge in [-0.15, -0.1) is 0 Å². The van der Waals surface area contributed by atoms with Crippen LogP contribution in [0, 0.1) is 0 Å². The molecule has 11 heavy (non-hydrogen) atoms. The number of benzene rings is 1. The Morgan fingerprint density at radius 3 is 2.27 bits per heavy atom. The van der Waals surface area contributed by atoms with Crippen LogP contribution in [-0.2, 0) is 0 Å². The zero-order valence-electron chi connectivity index (χ0n) is 7.05. The molecule has 0 aromatic heterocycles. The molecule has 0 saturated carbocycles. The Kier molecular flexibility index (Phi) is 2.54.